The van der Waals surface area contributed by atoms with Crippen molar-refractivity contribution in [2.45, 2.75) is 40.3 Å². The molecule has 6 nitrogen and oxygen atoms in total. The highest BCUT2D eigenvalue weighted by molar-refractivity contribution is 5.93. The summed E-state index contributed by atoms with van der Waals surface area (Å²) < 4.78 is 15.3. The third-order valence-corrected chi connectivity index (χ3v) is 5.62. The van der Waals surface area contributed by atoms with Gasteiger partial charge in [-0.25, -0.2) is 9.07 Å². The Hall–Kier alpha value is -3.06. The summed E-state index contributed by atoms with van der Waals surface area (Å²) in [6.07, 6.45) is 0.856. The van der Waals surface area contributed by atoms with Crippen LogP contribution in [-0.2, 0) is 19.5 Å². The molecule has 3 aromatic rings. The number of benzene rings is 2. The zero-order chi connectivity index (χ0) is 22.0. The molecule has 1 amide bonds. The Morgan fingerprint density at radius 3 is 2.81 bits per heavy atom. The zero-order valence-electron chi connectivity index (χ0n) is 18.2. The maximum Gasteiger partial charge on any atom is 0.273 e. The van der Waals surface area contributed by atoms with Crippen LogP contribution in [0, 0.1) is 18.7 Å². The maximum absolute atomic E-state index is 13.5. The van der Waals surface area contributed by atoms with Crippen LogP contribution >= 0.6 is 0 Å². The van der Waals surface area contributed by atoms with E-state index in [1.165, 1.54) is 17.2 Å². The van der Waals surface area contributed by atoms with Crippen molar-refractivity contribution in [2.24, 2.45) is 5.92 Å². The van der Waals surface area contributed by atoms with Crippen LogP contribution in [0.2, 0.25) is 0 Å². The molecule has 2 aromatic carbocycles. The van der Waals surface area contributed by atoms with Gasteiger partial charge in [-0.3, -0.25) is 9.69 Å². The summed E-state index contributed by atoms with van der Waals surface area (Å²) in [6.45, 7) is 8.96. The van der Waals surface area contributed by atoms with Crippen LogP contribution in [0.5, 0.6) is 0 Å². The van der Waals surface area contributed by atoms with E-state index in [2.05, 4.69) is 40.4 Å². The number of hydrogen-bond acceptors (Lipinski definition) is 4. The van der Waals surface area contributed by atoms with Gasteiger partial charge in [0.2, 0.25) is 0 Å². The molecule has 0 spiro atoms. The van der Waals surface area contributed by atoms with Crippen LogP contribution < -0.4 is 5.32 Å². The van der Waals surface area contributed by atoms with Gasteiger partial charge in [-0.15, -0.1) is 5.10 Å². The van der Waals surface area contributed by atoms with Gasteiger partial charge < -0.3 is 5.32 Å². The fourth-order valence-electron chi connectivity index (χ4n) is 4.02. The molecule has 7 heteroatoms. The third-order valence-electron chi connectivity index (χ3n) is 5.62. The number of fused-ring (bicyclic) bond motifs is 1. The fraction of sp³-hybridized carbons (Fsp3) is 0.375. The second-order valence-corrected chi connectivity index (χ2v) is 8.54. The van der Waals surface area contributed by atoms with E-state index in [4.69, 9.17) is 0 Å². The van der Waals surface area contributed by atoms with Crippen molar-refractivity contribution in [3.63, 3.8) is 0 Å². The van der Waals surface area contributed by atoms with Gasteiger partial charge in [0.1, 0.15) is 5.82 Å². The van der Waals surface area contributed by atoms with Gasteiger partial charge in [-0.2, -0.15) is 0 Å². The van der Waals surface area contributed by atoms with E-state index in [0.29, 0.717) is 24.7 Å². The molecule has 0 atom stereocenters. The van der Waals surface area contributed by atoms with E-state index in [1.807, 2.05) is 25.1 Å². The lowest BCUT2D eigenvalue weighted by atomic mass is 9.97. The van der Waals surface area contributed by atoms with E-state index in [-0.39, 0.29) is 11.7 Å². The number of hydrogen-bond donors (Lipinski definition) is 1. The summed E-state index contributed by atoms with van der Waals surface area (Å²) in [5.74, 6) is -0.0219. The highest BCUT2D eigenvalue weighted by Crippen LogP contribution is 2.27. The minimum Gasteiger partial charge on any atom is -0.350 e. The molecule has 0 aliphatic carbocycles. The Morgan fingerprint density at radius 2 is 2.03 bits per heavy atom. The molecule has 2 heterocycles. The smallest absolute Gasteiger partial charge is 0.273 e. The van der Waals surface area contributed by atoms with E-state index >= 15 is 0 Å². The van der Waals surface area contributed by atoms with Gasteiger partial charge in [0.25, 0.3) is 5.91 Å². The first kappa shape index (κ1) is 21.2. The molecule has 0 saturated heterocycles. The molecule has 162 valence electrons. The molecule has 1 aromatic heterocycles. The number of carbonyl (C=O) groups excluding carboxylic acids is 1. The highest BCUT2D eigenvalue weighted by Gasteiger charge is 2.23. The third kappa shape index (κ3) is 4.66. The van der Waals surface area contributed by atoms with E-state index in [9.17, 15) is 9.18 Å². The van der Waals surface area contributed by atoms with Crippen molar-refractivity contribution in [1.82, 2.24) is 25.2 Å². The van der Waals surface area contributed by atoms with E-state index in [0.717, 1.165) is 36.5 Å². The van der Waals surface area contributed by atoms with E-state index < -0.39 is 0 Å². The predicted octanol–water partition coefficient (Wildman–Crippen LogP) is 3.66. The molecule has 0 saturated carbocycles. The monoisotopic (exact) mass is 421 g/mol. The first-order valence-electron chi connectivity index (χ1n) is 10.7. The van der Waals surface area contributed by atoms with Crippen LogP contribution in [0.4, 0.5) is 4.39 Å². The molecule has 0 unspecified atom stereocenters. The van der Waals surface area contributed by atoms with Crippen molar-refractivity contribution in [3.8, 4) is 5.69 Å². The normalized spacial score (nSPS) is 14.0. The Balaban J connectivity index is 1.54. The van der Waals surface area contributed by atoms with Gasteiger partial charge >= 0.3 is 0 Å². The quantitative estimate of drug-likeness (QED) is 0.660. The van der Waals surface area contributed by atoms with Crippen LogP contribution in [-0.4, -0.2) is 38.9 Å². The van der Waals surface area contributed by atoms with Crippen LogP contribution in [0.25, 0.3) is 5.69 Å². The molecule has 1 aliphatic heterocycles. The number of amides is 1. The second-order valence-electron chi connectivity index (χ2n) is 8.54. The topological polar surface area (TPSA) is 63.1 Å². The Labute approximate surface area is 182 Å². The molecule has 0 radical (unpaired) electrons. The summed E-state index contributed by atoms with van der Waals surface area (Å²) in [7, 11) is 0. The summed E-state index contributed by atoms with van der Waals surface area (Å²) in [4.78, 5) is 14.8. The van der Waals surface area contributed by atoms with Crippen molar-refractivity contribution in [2.75, 3.05) is 13.1 Å². The van der Waals surface area contributed by atoms with Crippen LogP contribution in [0.1, 0.15) is 46.7 Å². The number of nitrogens with one attached hydrogen (secondary N) is 1. The molecule has 0 bridgehead atoms. The average molecular weight is 422 g/mol. The average Bonchev–Trinajstić information content (AvgIpc) is 3.12. The molecule has 1 N–H and O–H groups in total. The summed E-state index contributed by atoms with van der Waals surface area (Å²) in [6, 6.07) is 12.9. The number of halogens is 1. The van der Waals surface area contributed by atoms with E-state index in [1.54, 1.807) is 16.8 Å². The van der Waals surface area contributed by atoms with Crippen molar-refractivity contribution in [1.29, 1.82) is 0 Å². The van der Waals surface area contributed by atoms with Gasteiger partial charge in [-0.05, 0) is 54.2 Å². The van der Waals surface area contributed by atoms with Crippen molar-refractivity contribution in [3.05, 3.63) is 76.4 Å². The lowest BCUT2D eigenvalue weighted by Gasteiger charge is -2.30. The van der Waals surface area contributed by atoms with Gasteiger partial charge in [0.05, 0.1) is 11.4 Å². The SMILES string of the molecule is Cc1c(C(=O)NCC(C)C)nnn1-c1cccc2c1CCN(Cc1cccc(F)c1)C2. The largest absolute Gasteiger partial charge is 0.350 e. The van der Waals surface area contributed by atoms with Gasteiger partial charge in [-0.1, -0.05) is 43.3 Å². The zero-order valence-corrected chi connectivity index (χ0v) is 18.2. The minimum absolute atomic E-state index is 0.191. The molecule has 31 heavy (non-hydrogen) atoms. The molecule has 4 rings (SSSR count). The maximum atomic E-state index is 13.5. The van der Waals surface area contributed by atoms with Gasteiger partial charge in [0.15, 0.2) is 5.69 Å². The van der Waals surface area contributed by atoms with Crippen molar-refractivity contribution < 1.29 is 9.18 Å². The summed E-state index contributed by atoms with van der Waals surface area (Å²) in [5, 5.41) is 11.4. The number of aromatic nitrogens is 3. The van der Waals surface area contributed by atoms with Crippen LogP contribution in [0.15, 0.2) is 42.5 Å². The molecular weight excluding hydrogens is 393 g/mol. The molecular formula is C24H28FN5O. The Morgan fingerprint density at radius 1 is 1.23 bits per heavy atom. The van der Waals surface area contributed by atoms with Crippen molar-refractivity contribution >= 4 is 5.91 Å². The fourth-order valence-corrected chi connectivity index (χ4v) is 4.02. The number of nitrogens with zero attached hydrogens (tertiary/aromatic N) is 4. The number of rotatable bonds is 6. The molecule has 0 fully saturated rings. The number of carbonyl (C=O) groups is 1. The summed E-state index contributed by atoms with van der Waals surface area (Å²) in [5.41, 5.74) is 5.49. The Kier molecular flexibility index (Phi) is 6.13. The van der Waals surface area contributed by atoms with Crippen LogP contribution in [0.3, 0.4) is 0 Å². The highest BCUT2D eigenvalue weighted by atomic mass is 19.1. The summed E-state index contributed by atoms with van der Waals surface area (Å²) >= 11 is 0. The standard InChI is InChI=1S/C24H28FN5O/c1-16(2)13-26-24(31)23-17(3)30(28-27-23)22-9-5-7-19-15-29(11-10-21(19)22)14-18-6-4-8-20(25)12-18/h4-9,12,16H,10-11,13-15H2,1-3H3,(H,26,31). The Bertz CT molecular complexity index is 1090. The second kappa shape index (κ2) is 8.98. The lowest BCUT2D eigenvalue weighted by molar-refractivity contribution is 0.0943. The first-order chi connectivity index (χ1) is 14.9. The first-order valence-corrected chi connectivity index (χ1v) is 10.7. The lowest BCUT2D eigenvalue weighted by Crippen LogP contribution is -2.31. The molecule has 1 aliphatic rings. The minimum atomic E-state index is -0.202. The van der Waals surface area contributed by atoms with Gasteiger partial charge in [0, 0.05) is 26.2 Å². The predicted molar refractivity (Wildman–Crippen MR) is 117 cm³/mol.